The van der Waals surface area contributed by atoms with Crippen LogP contribution in [0.4, 0.5) is 5.69 Å². The van der Waals surface area contributed by atoms with Gasteiger partial charge in [0, 0.05) is 19.7 Å². The average molecular weight is 249 g/mol. The molecular weight excluding hydrogens is 226 g/mol. The molecule has 1 aromatic carbocycles. The van der Waals surface area contributed by atoms with Gasteiger partial charge in [0.05, 0.1) is 6.61 Å². The minimum atomic E-state index is 0.0308. The number of unbranched alkanes of at least 4 members (excludes halogenated alkanes) is 3. The molecule has 0 radical (unpaired) electrons. The lowest BCUT2D eigenvalue weighted by Gasteiger charge is -2.15. The molecule has 0 aromatic heterocycles. The van der Waals surface area contributed by atoms with Gasteiger partial charge in [0.1, 0.15) is 5.75 Å². The minimum Gasteiger partial charge on any atom is -0.494 e. The summed E-state index contributed by atoms with van der Waals surface area (Å²) in [4.78, 5) is 12.8. The average Bonchev–Trinajstić information content (AvgIpc) is 2.38. The zero-order valence-corrected chi connectivity index (χ0v) is 11.6. The number of carbonyl (C=O) groups excluding carboxylic acids is 1. The lowest BCUT2D eigenvalue weighted by Crippen LogP contribution is -2.22. The van der Waals surface area contributed by atoms with Crippen LogP contribution in [0.25, 0.3) is 0 Å². The van der Waals surface area contributed by atoms with Gasteiger partial charge in [-0.3, -0.25) is 4.79 Å². The molecule has 0 aliphatic heterocycles. The van der Waals surface area contributed by atoms with Crippen LogP contribution in [-0.2, 0) is 4.79 Å². The van der Waals surface area contributed by atoms with Gasteiger partial charge < -0.3 is 9.64 Å². The van der Waals surface area contributed by atoms with Crippen LogP contribution in [0, 0.1) is 0 Å². The fourth-order valence-electron chi connectivity index (χ4n) is 1.67. The Labute approximate surface area is 110 Å². The van der Waals surface area contributed by atoms with Gasteiger partial charge in [0.2, 0.25) is 5.91 Å². The summed E-state index contributed by atoms with van der Waals surface area (Å²) in [5.41, 5.74) is 0.890. The Hall–Kier alpha value is -1.51. The normalized spacial score (nSPS) is 10.2. The molecule has 0 aliphatic carbocycles. The third-order valence-electron chi connectivity index (χ3n) is 2.96. The third-order valence-corrected chi connectivity index (χ3v) is 2.96. The highest BCUT2D eigenvalue weighted by molar-refractivity contribution is 5.90. The van der Waals surface area contributed by atoms with E-state index in [1.165, 1.54) is 19.3 Å². The lowest BCUT2D eigenvalue weighted by atomic mass is 10.2. The van der Waals surface area contributed by atoms with Crippen molar-refractivity contribution in [3.05, 3.63) is 24.3 Å². The van der Waals surface area contributed by atoms with Crippen molar-refractivity contribution in [2.75, 3.05) is 18.6 Å². The van der Waals surface area contributed by atoms with E-state index in [1.807, 2.05) is 24.3 Å². The summed E-state index contributed by atoms with van der Waals surface area (Å²) in [5.74, 6) is 0.899. The van der Waals surface area contributed by atoms with E-state index in [4.69, 9.17) is 4.74 Å². The van der Waals surface area contributed by atoms with Crippen molar-refractivity contribution in [1.82, 2.24) is 0 Å². The highest BCUT2D eigenvalue weighted by Gasteiger charge is 2.04. The Morgan fingerprint density at radius 2 is 1.83 bits per heavy atom. The van der Waals surface area contributed by atoms with Crippen LogP contribution in [0.2, 0.25) is 0 Å². The summed E-state index contributed by atoms with van der Waals surface area (Å²) < 4.78 is 5.64. The SMILES string of the molecule is CCCCCCOc1ccc(N(C)C(C)=O)cc1. The highest BCUT2D eigenvalue weighted by atomic mass is 16.5. The maximum absolute atomic E-state index is 11.2. The number of nitrogens with zero attached hydrogens (tertiary/aromatic N) is 1. The summed E-state index contributed by atoms with van der Waals surface area (Å²) in [7, 11) is 1.77. The van der Waals surface area contributed by atoms with E-state index in [-0.39, 0.29) is 5.91 Å². The molecule has 3 heteroatoms. The number of ether oxygens (including phenoxy) is 1. The van der Waals surface area contributed by atoms with Crippen LogP contribution in [-0.4, -0.2) is 19.6 Å². The second kappa shape index (κ2) is 7.75. The fourth-order valence-corrected chi connectivity index (χ4v) is 1.67. The maximum Gasteiger partial charge on any atom is 0.223 e. The smallest absolute Gasteiger partial charge is 0.223 e. The molecule has 0 spiro atoms. The topological polar surface area (TPSA) is 29.5 Å². The first-order valence-electron chi connectivity index (χ1n) is 6.62. The largest absolute Gasteiger partial charge is 0.494 e. The van der Waals surface area contributed by atoms with E-state index < -0.39 is 0 Å². The van der Waals surface area contributed by atoms with E-state index in [0.29, 0.717) is 0 Å². The zero-order valence-electron chi connectivity index (χ0n) is 11.6. The predicted octanol–water partition coefficient (Wildman–Crippen LogP) is 3.63. The third kappa shape index (κ3) is 4.78. The molecular formula is C15H23NO2. The first-order valence-corrected chi connectivity index (χ1v) is 6.62. The molecule has 0 saturated heterocycles. The van der Waals surface area contributed by atoms with E-state index in [2.05, 4.69) is 6.92 Å². The molecule has 0 fully saturated rings. The first-order chi connectivity index (χ1) is 8.65. The van der Waals surface area contributed by atoms with Crippen LogP contribution in [0.3, 0.4) is 0 Å². The first kappa shape index (κ1) is 14.6. The number of hydrogen-bond acceptors (Lipinski definition) is 2. The van der Waals surface area contributed by atoms with Crippen molar-refractivity contribution >= 4 is 11.6 Å². The Morgan fingerprint density at radius 1 is 1.17 bits per heavy atom. The molecule has 0 heterocycles. The monoisotopic (exact) mass is 249 g/mol. The molecule has 0 N–H and O–H groups in total. The van der Waals surface area contributed by atoms with Crippen LogP contribution in [0.1, 0.15) is 39.5 Å². The van der Waals surface area contributed by atoms with Crippen molar-refractivity contribution in [2.45, 2.75) is 39.5 Å². The predicted molar refractivity (Wildman–Crippen MR) is 75.2 cm³/mol. The van der Waals surface area contributed by atoms with Crippen molar-refractivity contribution in [1.29, 1.82) is 0 Å². The summed E-state index contributed by atoms with van der Waals surface area (Å²) in [6.07, 6.45) is 4.84. The molecule has 1 amide bonds. The molecule has 0 saturated carbocycles. The minimum absolute atomic E-state index is 0.0308. The van der Waals surface area contributed by atoms with Gasteiger partial charge in [0.25, 0.3) is 0 Å². The Kier molecular flexibility index (Phi) is 6.26. The van der Waals surface area contributed by atoms with E-state index in [1.54, 1.807) is 18.9 Å². The Bertz CT molecular complexity index is 359. The van der Waals surface area contributed by atoms with Crippen LogP contribution in [0.15, 0.2) is 24.3 Å². The van der Waals surface area contributed by atoms with Crippen LogP contribution in [0.5, 0.6) is 5.75 Å². The van der Waals surface area contributed by atoms with Gasteiger partial charge in [-0.15, -0.1) is 0 Å². The van der Waals surface area contributed by atoms with E-state index in [9.17, 15) is 4.79 Å². The summed E-state index contributed by atoms with van der Waals surface area (Å²) >= 11 is 0. The van der Waals surface area contributed by atoms with Crippen molar-refractivity contribution in [2.24, 2.45) is 0 Å². The molecule has 1 aromatic rings. The van der Waals surface area contributed by atoms with Gasteiger partial charge >= 0.3 is 0 Å². The van der Waals surface area contributed by atoms with Crippen molar-refractivity contribution < 1.29 is 9.53 Å². The number of hydrogen-bond donors (Lipinski definition) is 0. The Morgan fingerprint density at radius 3 is 2.39 bits per heavy atom. The van der Waals surface area contributed by atoms with E-state index >= 15 is 0 Å². The van der Waals surface area contributed by atoms with Gasteiger partial charge in [-0.1, -0.05) is 26.2 Å². The number of rotatable bonds is 7. The molecule has 18 heavy (non-hydrogen) atoms. The summed E-state index contributed by atoms with van der Waals surface area (Å²) in [6, 6.07) is 7.63. The Balaban J connectivity index is 2.38. The highest BCUT2D eigenvalue weighted by Crippen LogP contribution is 2.18. The van der Waals surface area contributed by atoms with Gasteiger partial charge in [-0.05, 0) is 30.7 Å². The number of anilines is 1. The summed E-state index contributed by atoms with van der Waals surface area (Å²) in [5, 5.41) is 0. The van der Waals surface area contributed by atoms with Gasteiger partial charge in [-0.25, -0.2) is 0 Å². The van der Waals surface area contributed by atoms with Gasteiger partial charge in [0.15, 0.2) is 0 Å². The standard InChI is InChI=1S/C15H23NO2/c1-4-5-6-7-12-18-15-10-8-14(9-11-15)16(3)13(2)17/h8-11H,4-7,12H2,1-3H3. The maximum atomic E-state index is 11.2. The number of amides is 1. The zero-order chi connectivity index (χ0) is 13.4. The molecule has 0 bridgehead atoms. The quantitative estimate of drug-likeness (QED) is 0.691. The molecule has 100 valence electrons. The lowest BCUT2D eigenvalue weighted by molar-refractivity contribution is -0.116. The van der Waals surface area contributed by atoms with Gasteiger partial charge in [-0.2, -0.15) is 0 Å². The number of carbonyl (C=O) groups is 1. The molecule has 1 rings (SSSR count). The molecule has 3 nitrogen and oxygen atoms in total. The molecule has 0 unspecified atom stereocenters. The van der Waals surface area contributed by atoms with E-state index in [0.717, 1.165) is 24.5 Å². The fraction of sp³-hybridized carbons (Fsp3) is 0.533. The van der Waals surface area contributed by atoms with Crippen LogP contribution >= 0.6 is 0 Å². The van der Waals surface area contributed by atoms with Crippen LogP contribution < -0.4 is 9.64 Å². The van der Waals surface area contributed by atoms with Crippen molar-refractivity contribution in [3.8, 4) is 5.75 Å². The second-order valence-corrected chi connectivity index (χ2v) is 4.48. The number of benzene rings is 1. The second-order valence-electron chi connectivity index (χ2n) is 4.48. The molecule has 0 aliphatic rings. The van der Waals surface area contributed by atoms with Crippen molar-refractivity contribution in [3.63, 3.8) is 0 Å². The summed E-state index contributed by atoms with van der Waals surface area (Å²) in [6.45, 7) is 4.52. The molecule has 0 atom stereocenters.